The lowest BCUT2D eigenvalue weighted by molar-refractivity contribution is 0.289. The van der Waals surface area contributed by atoms with Crippen LogP contribution in [0.2, 0.25) is 0 Å². The van der Waals surface area contributed by atoms with Crippen LogP contribution < -0.4 is 0 Å². The van der Waals surface area contributed by atoms with Crippen molar-refractivity contribution >= 4 is 16.6 Å². The van der Waals surface area contributed by atoms with Crippen LogP contribution in [0, 0.1) is 11.6 Å². The minimum absolute atomic E-state index is 0.353. The molecule has 0 saturated carbocycles. The molecule has 3 heterocycles. The minimum atomic E-state index is -0.397. The Labute approximate surface area is 138 Å². The van der Waals surface area contributed by atoms with E-state index in [1.807, 2.05) is 12.3 Å². The lowest BCUT2D eigenvalue weighted by Gasteiger charge is -2.26. The number of hydrogen-bond donors (Lipinski definition) is 1. The smallest absolute Gasteiger partial charge is 0.137 e. The molecule has 4 rings (SSSR count). The van der Waals surface area contributed by atoms with Gasteiger partial charge in [-0.05, 0) is 42.3 Å². The number of halogens is 2. The topological polar surface area (TPSA) is 31.9 Å². The molecule has 0 atom stereocenters. The third kappa shape index (κ3) is 2.83. The summed E-state index contributed by atoms with van der Waals surface area (Å²) in [6, 6.07) is 7.61. The van der Waals surface area contributed by atoms with E-state index in [-0.39, 0.29) is 5.82 Å². The van der Waals surface area contributed by atoms with Crippen molar-refractivity contribution in [3.8, 4) is 0 Å². The lowest BCUT2D eigenvalue weighted by atomic mass is 9.99. The number of nitrogens with zero attached hydrogens (tertiary/aromatic N) is 2. The Morgan fingerprint density at radius 3 is 2.96 bits per heavy atom. The molecule has 122 valence electrons. The van der Waals surface area contributed by atoms with E-state index in [0.717, 1.165) is 36.6 Å². The van der Waals surface area contributed by atoms with Gasteiger partial charge < -0.3 is 4.98 Å². The van der Waals surface area contributed by atoms with Gasteiger partial charge in [0, 0.05) is 48.5 Å². The number of benzene rings is 1. The average Bonchev–Trinajstić information content (AvgIpc) is 3.03. The number of hydrogen-bond acceptors (Lipinski definition) is 2. The van der Waals surface area contributed by atoms with Gasteiger partial charge in [-0.1, -0.05) is 6.08 Å². The van der Waals surface area contributed by atoms with Gasteiger partial charge in [0.25, 0.3) is 0 Å². The summed E-state index contributed by atoms with van der Waals surface area (Å²) in [6.45, 7) is 1.95. The molecular weight excluding hydrogens is 308 g/mol. The van der Waals surface area contributed by atoms with Crippen LogP contribution in [0.3, 0.4) is 0 Å². The summed E-state index contributed by atoms with van der Waals surface area (Å²) < 4.78 is 27.1. The van der Waals surface area contributed by atoms with Crippen LogP contribution >= 0.6 is 0 Å². The van der Waals surface area contributed by atoms with E-state index in [9.17, 15) is 8.78 Å². The van der Waals surface area contributed by atoms with Crippen molar-refractivity contribution in [2.45, 2.75) is 13.0 Å². The fourth-order valence-corrected chi connectivity index (χ4v) is 3.23. The molecule has 0 radical (unpaired) electrons. The molecule has 0 unspecified atom stereocenters. The highest BCUT2D eigenvalue weighted by Crippen LogP contribution is 2.28. The maximum Gasteiger partial charge on any atom is 0.137 e. The largest absolute Gasteiger partial charge is 0.346 e. The van der Waals surface area contributed by atoms with Gasteiger partial charge in [0.2, 0.25) is 0 Å². The van der Waals surface area contributed by atoms with Gasteiger partial charge in [0.05, 0.1) is 0 Å². The molecular formula is C19H17F2N3. The molecule has 1 N–H and O–H groups in total. The number of H-pyrrole nitrogens is 1. The molecule has 3 nitrogen and oxygen atoms in total. The Balaban J connectivity index is 1.52. The van der Waals surface area contributed by atoms with E-state index < -0.39 is 5.82 Å². The van der Waals surface area contributed by atoms with E-state index in [1.165, 1.54) is 23.3 Å². The van der Waals surface area contributed by atoms with Crippen molar-refractivity contribution in [3.63, 3.8) is 0 Å². The Hall–Kier alpha value is -2.53. The van der Waals surface area contributed by atoms with Gasteiger partial charge in [-0.15, -0.1) is 0 Å². The molecule has 0 bridgehead atoms. The Kier molecular flexibility index (Phi) is 3.86. The summed E-state index contributed by atoms with van der Waals surface area (Å²) in [5, 5.41) is 1.12. The van der Waals surface area contributed by atoms with E-state index in [0.29, 0.717) is 12.1 Å². The molecule has 0 amide bonds. The molecule has 0 saturated heterocycles. The van der Waals surface area contributed by atoms with Crippen molar-refractivity contribution < 1.29 is 8.78 Å². The number of nitrogens with one attached hydrogen (secondary N) is 1. The van der Waals surface area contributed by atoms with Gasteiger partial charge in [0.15, 0.2) is 0 Å². The molecule has 24 heavy (non-hydrogen) atoms. The number of aromatic nitrogens is 2. The van der Waals surface area contributed by atoms with Crippen molar-refractivity contribution in [2.24, 2.45) is 0 Å². The van der Waals surface area contributed by atoms with Crippen molar-refractivity contribution in [2.75, 3.05) is 13.1 Å². The molecule has 0 spiro atoms. The standard InChI is InChI=1S/C19H17F2N3/c20-15-3-4-18(21)14(10-15)12-24-8-5-13(6-9-24)17-11-23-19-16(17)2-1-7-22-19/h1-5,7,10-11H,6,8-9,12H2,(H,22,23). The zero-order chi connectivity index (χ0) is 16.5. The van der Waals surface area contributed by atoms with Gasteiger partial charge in [-0.25, -0.2) is 13.8 Å². The van der Waals surface area contributed by atoms with E-state index in [2.05, 4.69) is 27.0 Å². The zero-order valence-electron chi connectivity index (χ0n) is 13.1. The Bertz CT molecular complexity index is 914. The maximum atomic E-state index is 13.8. The van der Waals surface area contributed by atoms with Crippen LogP contribution in [0.15, 0.2) is 48.8 Å². The van der Waals surface area contributed by atoms with Gasteiger partial charge in [-0.3, -0.25) is 4.90 Å². The third-order valence-corrected chi connectivity index (χ3v) is 4.49. The summed E-state index contributed by atoms with van der Waals surface area (Å²) >= 11 is 0. The van der Waals surface area contributed by atoms with Crippen LogP contribution in [0.5, 0.6) is 0 Å². The van der Waals surface area contributed by atoms with Crippen molar-refractivity contribution in [1.82, 2.24) is 14.9 Å². The fraction of sp³-hybridized carbons (Fsp3) is 0.211. The van der Waals surface area contributed by atoms with Crippen LogP contribution in [0.25, 0.3) is 16.6 Å². The average molecular weight is 325 g/mol. The van der Waals surface area contributed by atoms with Crippen LogP contribution in [0.4, 0.5) is 8.78 Å². The molecule has 1 aromatic carbocycles. The minimum Gasteiger partial charge on any atom is -0.346 e. The number of aromatic amines is 1. The summed E-state index contributed by atoms with van der Waals surface area (Å²) in [5.74, 6) is -0.750. The van der Waals surface area contributed by atoms with Crippen LogP contribution in [0.1, 0.15) is 17.5 Å². The maximum absolute atomic E-state index is 13.8. The lowest BCUT2D eigenvalue weighted by Crippen LogP contribution is -2.28. The van der Waals surface area contributed by atoms with Crippen molar-refractivity contribution in [1.29, 1.82) is 0 Å². The summed E-state index contributed by atoms with van der Waals surface area (Å²) in [4.78, 5) is 9.63. The first-order valence-electron chi connectivity index (χ1n) is 7.98. The molecule has 0 aliphatic carbocycles. The molecule has 1 aliphatic rings. The number of rotatable bonds is 3. The van der Waals surface area contributed by atoms with Crippen LogP contribution in [-0.2, 0) is 6.54 Å². The first-order valence-corrected chi connectivity index (χ1v) is 7.98. The molecule has 2 aromatic heterocycles. The quantitative estimate of drug-likeness (QED) is 0.785. The molecule has 1 aliphatic heterocycles. The SMILES string of the molecule is Fc1ccc(F)c(CN2CC=C(c3c[nH]c4ncccc34)CC2)c1. The van der Waals surface area contributed by atoms with E-state index in [1.54, 1.807) is 6.20 Å². The predicted octanol–water partition coefficient (Wildman–Crippen LogP) is 4.13. The highest BCUT2D eigenvalue weighted by atomic mass is 19.1. The highest BCUT2D eigenvalue weighted by molar-refractivity contribution is 5.90. The van der Waals surface area contributed by atoms with E-state index in [4.69, 9.17) is 0 Å². The third-order valence-electron chi connectivity index (χ3n) is 4.49. The Morgan fingerprint density at radius 2 is 2.12 bits per heavy atom. The fourth-order valence-electron chi connectivity index (χ4n) is 3.23. The van der Waals surface area contributed by atoms with Gasteiger partial charge >= 0.3 is 0 Å². The summed E-state index contributed by atoms with van der Waals surface area (Å²) in [6.07, 6.45) is 6.80. The molecule has 3 aromatic rings. The second-order valence-electron chi connectivity index (χ2n) is 6.05. The second-order valence-corrected chi connectivity index (χ2v) is 6.05. The van der Waals surface area contributed by atoms with Crippen LogP contribution in [-0.4, -0.2) is 28.0 Å². The van der Waals surface area contributed by atoms with Gasteiger partial charge in [0.1, 0.15) is 17.3 Å². The van der Waals surface area contributed by atoms with Gasteiger partial charge in [-0.2, -0.15) is 0 Å². The zero-order valence-corrected chi connectivity index (χ0v) is 13.1. The van der Waals surface area contributed by atoms with E-state index >= 15 is 0 Å². The molecule has 0 fully saturated rings. The summed E-state index contributed by atoms with van der Waals surface area (Å²) in [7, 11) is 0. The normalized spacial score (nSPS) is 15.7. The first-order chi connectivity index (χ1) is 11.7. The second kappa shape index (κ2) is 6.17. The molecule has 5 heteroatoms. The highest BCUT2D eigenvalue weighted by Gasteiger charge is 2.17. The predicted molar refractivity (Wildman–Crippen MR) is 90.3 cm³/mol. The number of fused-ring (bicyclic) bond motifs is 1. The first kappa shape index (κ1) is 15.0. The summed E-state index contributed by atoms with van der Waals surface area (Å²) in [5.41, 5.74) is 3.74. The monoisotopic (exact) mass is 325 g/mol. The number of pyridine rings is 1. The Morgan fingerprint density at radius 1 is 1.21 bits per heavy atom. The van der Waals surface area contributed by atoms with Crippen molar-refractivity contribution in [3.05, 3.63) is 71.6 Å².